The quantitative estimate of drug-likeness (QED) is 0.0134. The zero-order valence-electron chi connectivity index (χ0n) is 84.9. The van der Waals surface area contributed by atoms with Crippen molar-refractivity contribution < 1.29 is 57.3 Å². The van der Waals surface area contributed by atoms with Gasteiger partial charge in [0.15, 0.2) is 0 Å². The zero-order chi connectivity index (χ0) is 99.8. The molecule has 4 fully saturated rings. The predicted molar refractivity (Wildman–Crippen MR) is 555 cm³/mol. The summed E-state index contributed by atoms with van der Waals surface area (Å²) >= 11 is 0. The molecule has 0 saturated carbocycles. The average Bonchev–Trinajstić information content (AvgIpc) is 1.63. The van der Waals surface area contributed by atoms with Crippen LogP contribution in [0.4, 0.5) is 0 Å². The SMILES string of the molecule is CCc1cccc2c([C@H]3CC[C@@H](C(=O)N[C@@H](CC(C)C)C(=O)OC)N3Cc3ccccc3)c[nH]c12.CCc1cccc2c([C@H]3CC[C@@H](C(=O)N[C@@H](CC(C)C)C(=O)OC)N3Cc3ccccc3)c[nH]c12.CCc1cccc2c([C@H]3CC[C@@H](C(=O)N[C@@H](CC(C)C)C(=O)OC)N3Cc3ccccc3)c[nH]c12.CCc1cccc2c([C@H]3CC[C@@H](C(=O)N[C@@H](CC(C)C)C(=O)OC)N3Cc3ccccc3)c[nH]c12. The molecule has 140 heavy (non-hydrogen) atoms. The van der Waals surface area contributed by atoms with Gasteiger partial charge in [0.2, 0.25) is 23.6 Å². The monoisotopic (exact) mass is 1900 g/mol. The lowest BCUT2D eigenvalue weighted by atomic mass is 10.0. The number of likely N-dealkylation sites (tertiary alicyclic amines) is 4. The van der Waals surface area contributed by atoms with Crippen molar-refractivity contribution in [2.45, 2.75) is 284 Å². The third kappa shape index (κ3) is 25.6. The van der Waals surface area contributed by atoms with Crippen LogP contribution in [0.1, 0.15) is 251 Å². The first-order chi connectivity index (χ1) is 67.7. The Hall–Kier alpha value is -12.5. The van der Waals surface area contributed by atoms with Crippen molar-refractivity contribution in [3.8, 4) is 0 Å². The van der Waals surface area contributed by atoms with E-state index in [0.29, 0.717) is 51.9 Å². The van der Waals surface area contributed by atoms with E-state index in [0.717, 1.165) is 99.3 Å². The number of aryl methyl sites for hydroxylation is 4. The topological polar surface area (TPSA) is 298 Å². The van der Waals surface area contributed by atoms with E-state index in [4.69, 9.17) is 18.9 Å². The van der Waals surface area contributed by atoms with Gasteiger partial charge in [-0.3, -0.25) is 38.8 Å². The van der Waals surface area contributed by atoms with E-state index in [1.165, 1.54) is 117 Å². The van der Waals surface area contributed by atoms with Crippen LogP contribution in [0.5, 0.6) is 0 Å². The third-order valence-electron chi connectivity index (χ3n) is 28.4. The first-order valence-electron chi connectivity index (χ1n) is 50.8. The summed E-state index contributed by atoms with van der Waals surface area (Å²) in [4.78, 5) is 127. The van der Waals surface area contributed by atoms with Crippen molar-refractivity contribution >= 4 is 91.1 Å². The minimum absolute atomic E-state index is 0.103. The summed E-state index contributed by atoms with van der Waals surface area (Å²) < 4.78 is 19.9. The number of H-pyrrole nitrogens is 4. The van der Waals surface area contributed by atoms with Crippen molar-refractivity contribution in [2.24, 2.45) is 23.7 Å². The number of carbonyl (C=O) groups excluding carboxylic acids is 8. The normalized spacial score (nSPS) is 19.2. The molecule has 4 amide bonds. The number of rotatable bonds is 36. The third-order valence-corrected chi connectivity index (χ3v) is 28.4. The van der Waals surface area contributed by atoms with E-state index < -0.39 is 24.2 Å². The van der Waals surface area contributed by atoms with Gasteiger partial charge in [-0.1, -0.05) is 277 Å². The van der Waals surface area contributed by atoms with Crippen molar-refractivity contribution in [2.75, 3.05) is 28.4 Å². The number of benzene rings is 8. The van der Waals surface area contributed by atoms with Gasteiger partial charge in [0.05, 0.1) is 52.6 Å². The molecule has 16 rings (SSSR count). The highest BCUT2D eigenvalue weighted by Gasteiger charge is 2.46. The Bertz CT molecular complexity index is 5350. The van der Waals surface area contributed by atoms with Gasteiger partial charge < -0.3 is 60.2 Å². The van der Waals surface area contributed by atoms with E-state index in [1.807, 2.05) is 128 Å². The van der Waals surface area contributed by atoms with E-state index >= 15 is 0 Å². The van der Waals surface area contributed by atoms with E-state index in [1.54, 1.807) is 0 Å². The maximum absolute atomic E-state index is 13.6. The Kier molecular flexibility index (Phi) is 37.5. The van der Waals surface area contributed by atoms with Crippen LogP contribution in [0.15, 0.2) is 219 Å². The van der Waals surface area contributed by atoms with Gasteiger partial charge >= 0.3 is 23.9 Å². The van der Waals surface area contributed by atoms with Gasteiger partial charge in [-0.2, -0.15) is 0 Å². The van der Waals surface area contributed by atoms with Gasteiger partial charge in [0, 0.05) is 119 Å². The van der Waals surface area contributed by atoms with E-state index in [-0.39, 0.29) is 120 Å². The minimum Gasteiger partial charge on any atom is -0.467 e. The summed E-state index contributed by atoms with van der Waals surface area (Å²) in [7, 11) is 5.49. The number of ether oxygens (including phenoxy) is 4. The second-order valence-electron chi connectivity index (χ2n) is 39.7. The number of nitrogens with one attached hydrogen (secondary N) is 8. The lowest BCUT2D eigenvalue weighted by Gasteiger charge is -2.31. The highest BCUT2D eigenvalue weighted by Crippen LogP contribution is 2.47. The summed E-state index contributed by atoms with van der Waals surface area (Å²) in [5, 5.41) is 17.0. The Morgan fingerprint density at radius 1 is 0.279 bits per heavy atom. The molecule has 12 atom stereocenters. The molecule has 4 aliphatic rings. The van der Waals surface area contributed by atoms with Crippen LogP contribution in [0.3, 0.4) is 0 Å². The Labute approximate surface area is 826 Å². The van der Waals surface area contributed by atoms with Crippen molar-refractivity contribution in [1.29, 1.82) is 0 Å². The lowest BCUT2D eigenvalue weighted by molar-refractivity contribution is -0.146. The number of para-hydroxylation sites is 4. The standard InChI is InChI=1S/4C29H37N3O3/c4*1-5-21-12-9-13-22-23(17-30-27(21)22)25-14-15-26(32(25)18-20-10-7-6-8-11-20)28(33)31-24(16-19(2)3)29(34)35-4/h4*6-13,17,19,24-26,30H,5,14-16,18H2,1-4H3,(H,31,33)/t4*24-,25+,26-/m0000/s1. The van der Waals surface area contributed by atoms with Crippen LogP contribution < -0.4 is 21.3 Å². The van der Waals surface area contributed by atoms with E-state index in [2.05, 4.69) is 235 Å². The maximum Gasteiger partial charge on any atom is 0.328 e. The molecule has 0 bridgehead atoms. The number of aromatic nitrogens is 4. The molecular formula is C116H148N12O12. The number of fused-ring (bicyclic) bond motifs is 4. The molecule has 12 aromatic rings. The largest absolute Gasteiger partial charge is 0.467 e. The van der Waals surface area contributed by atoms with Crippen LogP contribution >= 0.6 is 0 Å². The first kappa shape index (κ1) is 105. The van der Waals surface area contributed by atoms with Gasteiger partial charge in [-0.05, 0) is 193 Å². The summed E-state index contributed by atoms with van der Waals surface area (Å²) in [6.45, 7) is 27.6. The summed E-state index contributed by atoms with van der Waals surface area (Å²) in [5.41, 5.74) is 19.5. The van der Waals surface area contributed by atoms with Crippen LogP contribution in [0, 0.1) is 23.7 Å². The molecule has 0 spiro atoms. The number of methoxy groups -OCH3 is 4. The van der Waals surface area contributed by atoms with E-state index in [9.17, 15) is 38.4 Å². The number of nitrogens with zero attached hydrogens (tertiary/aromatic N) is 4. The average molecular weight is 1900 g/mol. The van der Waals surface area contributed by atoms with Crippen molar-refractivity contribution in [1.82, 2.24) is 60.8 Å². The Balaban J connectivity index is 0.000000157. The molecule has 4 aliphatic heterocycles. The second kappa shape index (κ2) is 50.1. The predicted octanol–water partition coefficient (Wildman–Crippen LogP) is 20.6. The first-order valence-corrected chi connectivity index (χ1v) is 50.8. The highest BCUT2D eigenvalue weighted by molar-refractivity contribution is 5.94. The molecule has 744 valence electrons. The van der Waals surface area contributed by atoms with Crippen molar-refractivity contribution in [3.05, 3.63) is 286 Å². The number of amides is 4. The van der Waals surface area contributed by atoms with Crippen LogP contribution in [-0.4, -0.2) is 164 Å². The molecule has 0 aliphatic carbocycles. The van der Waals surface area contributed by atoms with Crippen LogP contribution in [-0.2, 0) is 109 Å². The number of esters is 4. The molecule has 24 heteroatoms. The summed E-state index contributed by atoms with van der Waals surface area (Å²) in [5.74, 6) is -0.931. The number of hydrogen-bond donors (Lipinski definition) is 8. The Morgan fingerprint density at radius 3 is 0.643 bits per heavy atom. The molecular weight excluding hydrogens is 1750 g/mol. The summed E-state index contributed by atoms with van der Waals surface area (Å²) in [6.07, 6.45) is 21.0. The van der Waals surface area contributed by atoms with Crippen LogP contribution in [0.25, 0.3) is 43.6 Å². The fraction of sp³-hybridized carbons (Fsp3) is 0.448. The number of carbonyl (C=O) groups is 8. The molecule has 24 nitrogen and oxygen atoms in total. The molecule has 8 N–H and O–H groups in total. The zero-order valence-corrected chi connectivity index (χ0v) is 84.9. The number of aromatic amines is 4. The van der Waals surface area contributed by atoms with Gasteiger partial charge in [0.1, 0.15) is 24.2 Å². The molecule has 4 aromatic heterocycles. The minimum atomic E-state index is -0.634. The molecule has 8 heterocycles. The highest BCUT2D eigenvalue weighted by atomic mass is 16.5. The lowest BCUT2D eigenvalue weighted by Crippen LogP contribution is -2.50. The second-order valence-corrected chi connectivity index (χ2v) is 39.7. The fourth-order valence-electron chi connectivity index (χ4n) is 21.6. The summed E-state index contributed by atoms with van der Waals surface area (Å²) in [6, 6.07) is 63.5. The molecule has 0 radical (unpaired) electrons. The fourth-order valence-corrected chi connectivity index (χ4v) is 21.6. The Morgan fingerprint density at radius 2 is 0.471 bits per heavy atom. The van der Waals surface area contributed by atoms with Gasteiger partial charge in [-0.25, -0.2) is 19.2 Å². The molecule has 4 saturated heterocycles. The van der Waals surface area contributed by atoms with Crippen LogP contribution in [0.2, 0.25) is 0 Å². The molecule has 0 unspecified atom stereocenters. The van der Waals surface area contributed by atoms with Gasteiger partial charge in [-0.15, -0.1) is 0 Å². The molecule has 8 aromatic carbocycles. The van der Waals surface area contributed by atoms with Crippen molar-refractivity contribution in [3.63, 3.8) is 0 Å². The number of hydrogen-bond acceptors (Lipinski definition) is 16. The van der Waals surface area contributed by atoms with Gasteiger partial charge in [0.25, 0.3) is 0 Å². The smallest absolute Gasteiger partial charge is 0.328 e. The maximum atomic E-state index is 13.6.